The standard InChI is InChI=1S/C12H11N5O/c13-11-10-7-15-12(17(10)6-5-14-11)16-8-1-3-9(18)4-2-8/h1-7,18H,(H2,13,14)(H,15,16). The average Bonchev–Trinajstić information content (AvgIpc) is 2.77. The van der Waals surface area contributed by atoms with E-state index >= 15 is 0 Å². The number of nitrogens with two attached hydrogens (primary N) is 1. The molecule has 0 saturated carbocycles. The summed E-state index contributed by atoms with van der Waals surface area (Å²) in [6, 6.07) is 6.74. The Bertz CT molecular complexity index is 689. The monoisotopic (exact) mass is 241 g/mol. The quantitative estimate of drug-likeness (QED) is 0.595. The van der Waals surface area contributed by atoms with Crippen molar-refractivity contribution in [1.82, 2.24) is 14.4 Å². The number of benzene rings is 1. The highest BCUT2D eigenvalue weighted by Gasteiger charge is 2.06. The number of hydrogen-bond donors (Lipinski definition) is 3. The minimum atomic E-state index is 0.224. The van der Waals surface area contributed by atoms with Gasteiger partial charge in [-0.25, -0.2) is 9.97 Å². The summed E-state index contributed by atoms with van der Waals surface area (Å²) in [5, 5.41) is 12.4. The first-order valence-corrected chi connectivity index (χ1v) is 5.37. The summed E-state index contributed by atoms with van der Waals surface area (Å²) in [6.07, 6.45) is 5.05. The number of hydrogen-bond acceptors (Lipinski definition) is 5. The molecule has 2 heterocycles. The van der Waals surface area contributed by atoms with E-state index in [0.29, 0.717) is 11.8 Å². The fourth-order valence-corrected chi connectivity index (χ4v) is 1.71. The third-order valence-electron chi connectivity index (χ3n) is 2.61. The maximum atomic E-state index is 9.22. The van der Waals surface area contributed by atoms with Gasteiger partial charge in [0.05, 0.1) is 6.20 Å². The first-order valence-electron chi connectivity index (χ1n) is 5.37. The van der Waals surface area contributed by atoms with E-state index in [1.807, 2.05) is 4.40 Å². The van der Waals surface area contributed by atoms with Crippen LogP contribution in [0.3, 0.4) is 0 Å². The Morgan fingerprint density at radius 3 is 2.72 bits per heavy atom. The normalized spacial score (nSPS) is 10.7. The molecule has 1 aromatic carbocycles. The summed E-state index contributed by atoms with van der Waals surface area (Å²) in [5.74, 6) is 1.30. The number of aromatic nitrogens is 3. The van der Waals surface area contributed by atoms with Gasteiger partial charge in [-0.05, 0) is 24.3 Å². The summed E-state index contributed by atoms with van der Waals surface area (Å²) in [4.78, 5) is 8.24. The maximum Gasteiger partial charge on any atom is 0.212 e. The number of imidazole rings is 1. The Balaban J connectivity index is 2.00. The molecule has 0 aliphatic carbocycles. The summed E-state index contributed by atoms with van der Waals surface area (Å²) < 4.78 is 1.81. The SMILES string of the molecule is Nc1nccn2c(Nc3ccc(O)cc3)ncc12. The Kier molecular flexibility index (Phi) is 2.26. The third kappa shape index (κ3) is 1.69. The molecule has 4 N–H and O–H groups in total. The molecule has 2 aromatic heterocycles. The second kappa shape index (κ2) is 3.92. The summed E-state index contributed by atoms with van der Waals surface area (Å²) in [5.41, 5.74) is 7.33. The molecule has 18 heavy (non-hydrogen) atoms. The minimum Gasteiger partial charge on any atom is -0.508 e. The predicted octanol–water partition coefficient (Wildman–Crippen LogP) is 1.76. The summed E-state index contributed by atoms with van der Waals surface area (Å²) >= 11 is 0. The van der Waals surface area contributed by atoms with E-state index in [4.69, 9.17) is 5.73 Å². The molecular weight excluding hydrogens is 230 g/mol. The van der Waals surface area contributed by atoms with Gasteiger partial charge in [-0.3, -0.25) is 4.40 Å². The van der Waals surface area contributed by atoms with Crippen LogP contribution in [0.2, 0.25) is 0 Å². The molecule has 0 atom stereocenters. The topological polar surface area (TPSA) is 88.5 Å². The van der Waals surface area contributed by atoms with E-state index in [1.165, 1.54) is 0 Å². The average molecular weight is 241 g/mol. The van der Waals surface area contributed by atoms with Crippen molar-refractivity contribution in [2.45, 2.75) is 0 Å². The highest BCUT2D eigenvalue weighted by atomic mass is 16.3. The van der Waals surface area contributed by atoms with Gasteiger partial charge in [0.15, 0.2) is 0 Å². The van der Waals surface area contributed by atoms with Gasteiger partial charge in [-0.1, -0.05) is 0 Å². The van der Waals surface area contributed by atoms with Gasteiger partial charge >= 0.3 is 0 Å². The second-order valence-electron chi connectivity index (χ2n) is 3.82. The van der Waals surface area contributed by atoms with E-state index < -0.39 is 0 Å². The minimum absolute atomic E-state index is 0.224. The van der Waals surface area contributed by atoms with Crippen molar-refractivity contribution in [2.75, 3.05) is 11.1 Å². The van der Waals surface area contributed by atoms with Gasteiger partial charge in [0.2, 0.25) is 5.95 Å². The zero-order valence-corrected chi connectivity index (χ0v) is 9.41. The first-order chi connectivity index (χ1) is 8.74. The van der Waals surface area contributed by atoms with E-state index in [-0.39, 0.29) is 5.75 Å². The number of anilines is 3. The van der Waals surface area contributed by atoms with Gasteiger partial charge in [0.1, 0.15) is 17.1 Å². The van der Waals surface area contributed by atoms with Crippen LogP contribution >= 0.6 is 0 Å². The third-order valence-corrected chi connectivity index (χ3v) is 2.61. The van der Waals surface area contributed by atoms with E-state index in [1.54, 1.807) is 42.9 Å². The van der Waals surface area contributed by atoms with Crippen molar-refractivity contribution in [3.63, 3.8) is 0 Å². The molecule has 3 rings (SSSR count). The Hall–Kier alpha value is -2.76. The van der Waals surface area contributed by atoms with E-state index in [9.17, 15) is 5.11 Å². The fraction of sp³-hybridized carbons (Fsp3) is 0. The van der Waals surface area contributed by atoms with Crippen molar-refractivity contribution in [3.8, 4) is 5.75 Å². The molecule has 6 nitrogen and oxygen atoms in total. The molecule has 0 spiro atoms. The molecule has 6 heteroatoms. The van der Waals surface area contributed by atoms with Crippen LogP contribution in [0.15, 0.2) is 42.9 Å². The smallest absolute Gasteiger partial charge is 0.212 e. The van der Waals surface area contributed by atoms with Crippen molar-refractivity contribution >= 4 is 23.0 Å². The van der Waals surface area contributed by atoms with Gasteiger partial charge in [-0.2, -0.15) is 0 Å². The van der Waals surface area contributed by atoms with Crippen LogP contribution in [0.5, 0.6) is 5.75 Å². The predicted molar refractivity (Wildman–Crippen MR) is 68.8 cm³/mol. The highest BCUT2D eigenvalue weighted by molar-refractivity contribution is 5.68. The van der Waals surface area contributed by atoms with Gasteiger partial charge in [0.25, 0.3) is 0 Å². The first kappa shape index (κ1) is 10.4. The molecular formula is C12H11N5O. The molecule has 0 aliphatic heterocycles. The fourth-order valence-electron chi connectivity index (χ4n) is 1.71. The van der Waals surface area contributed by atoms with Crippen LogP contribution in [-0.2, 0) is 0 Å². The molecule has 90 valence electrons. The second-order valence-corrected chi connectivity index (χ2v) is 3.82. The molecule has 0 bridgehead atoms. The Labute approximate surface area is 103 Å². The Morgan fingerprint density at radius 2 is 1.94 bits per heavy atom. The van der Waals surface area contributed by atoms with Crippen LogP contribution < -0.4 is 11.1 Å². The van der Waals surface area contributed by atoms with Crippen LogP contribution in [0.4, 0.5) is 17.5 Å². The lowest BCUT2D eigenvalue weighted by Gasteiger charge is -2.05. The van der Waals surface area contributed by atoms with Gasteiger partial charge < -0.3 is 16.2 Å². The number of nitrogens with zero attached hydrogens (tertiary/aromatic N) is 3. The lowest BCUT2D eigenvalue weighted by atomic mass is 10.3. The zero-order valence-electron chi connectivity index (χ0n) is 9.41. The van der Waals surface area contributed by atoms with Crippen LogP contribution in [0, 0.1) is 0 Å². The van der Waals surface area contributed by atoms with E-state index in [2.05, 4.69) is 15.3 Å². The molecule has 0 radical (unpaired) electrons. The zero-order chi connectivity index (χ0) is 12.5. The number of nitrogen functional groups attached to an aromatic ring is 1. The van der Waals surface area contributed by atoms with Crippen molar-refractivity contribution in [3.05, 3.63) is 42.9 Å². The van der Waals surface area contributed by atoms with Crippen molar-refractivity contribution in [1.29, 1.82) is 0 Å². The largest absolute Gasteiger partial charge is 0.508 e. The number of aromatic hydroxyl groups is 1. The number of nitrogens with one attached hydrogen (secondary N) is 1. The molecule has 0 unspecified atom stereocenters. The number of phenols is 1. The lowest BCUT2D eigenvalue weighted by molar-refractivity contribution is 0.475. The van der Waals surface area contributed by atoms with Crippen LogP contribution in [0.25, 0.3) is 5.52 Å². The number of fused-ring (bicyclic) bond motifs is 1. The number of rotatable bonds is 2. The molecule has 0 fully saturated rings. The van der Waals surface area contributed by atoms with Gasteiger partial charge in [0, 0.05) is 18.1 Å². The number of phenolic OH excluding ortho intramolecular Hbond substituents is 1. The molecule has 0 aliphatic rings. The van der Waals surface area contributed by atoms with Crippen molar-refractivity contribution in [2.24, 2.45) is 0 Å². The highest BCUT2D eigenvalue weighted by Crippen LogP contribution is 2.20. The molecule has 3 aromatic rings. The van der Waals surface area contributed by atoms with Crippen LogP contribution in [-0.4, -0.2) is 19.5 Å². The maximum absolute atomic E-state index is 9.22. The van der Waals surface area contributed by atoms with Gasteiger partial charge in [-0.15, -0.1) is 0 Å². The van der Waals surface area contributed by atoms with Crippen molar-refractivity contribution < 1.29 is 5.11 Å². The van der Waals surface area contributed by atoms with Crippen LogP contribution in [0.1, 0.15) is 0 Å². The molecule has 0 amide bonds. The Morgan fingerprint density at radius 1 is 1.17 bits per heavy atom. The summed E-state index contributed by atoms with van der Waals surface area (Å²) in [6.45, 7) is 0. The molecule has 0 saturated heterocycles. The van der Waals surface area contributed by atoms with E-state index in [0.717, 1.165) is 11.2 Å². The summed E-state index contributed by atoms with van der Waals surface area (Å²) in [7, 11) is 0. The lowest BCUT2D eigenvalue weighted by Crippen LogP contribution is -1.99.